The van der Waals surface area contributed by atoms with Crippen molar-refractivity contribution >= 4 is 34.2 Å². The van der Waals surface area contributed by atoms with Crippen LogP contribution in [0.3, 0.4) is 0 Å². The van der Waals surface area contributed by atoms with E-state index in [-0.39, 0.29) is 11.9 Å². The molecule has 1 fully saturated rings. The summed E-state index contributed by atoms with van der Waals surface area (Å²) in [5.41, 5.74) is 1.57. The fourth-order valence-electron chi connectivity index (χ4n) is 3.65. The Morgan fingerprint density at radius 1 is 1.22 bits per heavy atom. The topological polar surface area (TPSA) is 54.3 Å². The Hall–Kier alpha value is -2.60. The molecule has 27 heavy (non-hydrogen) atoms. The van der Waals surface area contributed by atoms with E-state index in [0.29, 0.717) is 5.69 Å². The Balaban J connectivity index is 1.43. The number of aryl methyl sites for hydroxylation is 1. The highest BCUT2D eigenvalue weighted by Gasteiger charge is 2.27. The van der Waals surface area contributed by atoms with Crippen LogP contribution in [0.1, 0.15) is 23.3 Å². The SMILES string of the molecule is CN(C(=O)c1cncn1C)C1CCN(c2ccc3cc(Cl)ccc3n2)CC1. The molecule has 0 N–H and O–H groups in total. The van der Waals surface area contributed by atoms with E-state index < -0.39 is 0 Å². The lowest BCUT2D eigenvalue weighted by Crippen LogP contribution is -2.46. The van der Waals surface area contributed by atoms with Crippen LogP contribution in [0.25, 0.3) is 10.9 Å². The summed E-state index contributed by atoms with van der Waals surface area (Å²) in [4.78, 5) is 25.6. The summed E-state index contributed by atoms with van der Waals surface area (Å²) in [6.45, 7) is 1.75. The molecule has 1 aromatic carbocycles. The molecule has 0 saturated carbocycles. The molecule has 0 atom stereocenters. The zero-order chi connectivity index (χ0) is 19.0. The zero-order valence-electron chi connectivity index (χ0n) is 15.5. The van der Waals surface area contributed by atoms with E-state index in [9.17, 15) is 4.79 Å². The number of hydrogen-bond donors (Lipinski definition) is 0. The Bertz CT molecular complexity index is 977. The summed E-state index contributed by atoms with van der Waals surface area (Å²) >= 11 is 6.05. The molecule has 1 aliphatic rings. The summed E-state index contributed by atoms with van der Waals surface area (Å²) in [6, 6.07) is 10.1. The van der Waals surface area contributed by atoms with Gasteiger partial charge in [0.15, 0.2) is 0 Å². The van der Waals surface area contributed by atoms with Gasteiger partial charge in [0.05, 0.1) is 18.0 Å². The van der Waals surface area contributed by atoms with Crippen LogP contribution in [0.5, 0.6) is 0 Å². The summed E-state index contributed by atoms with van der Waals surface area (Å²) in [7, 11) is 3.73. The number of imidazole rings is 1. The number of piperidine rings is 1. The number of amides is 1. The number of nitrogens with zero attached hydrogens (tertiary/aromatic N) is 5. The minimum Gasteiger partial charge on any atom is -0.356 e. The third-order valence-electron chi connectivity index (χ3n) is 5.33. The van der Waals surface area contributed by atoms with Crippen LogP contribution in [0.2, 0.25) is 5.02 Å². The molecule has 6 nitrogen and oxygen atoms in total. The van der Waals surface area contributed by atoms with E-state index in [0.717, 1.165) is 47.7 Å². The number of carbonyl (C=O) groups is 1. The summed E-state index contributed by atoms with van der Waals surface area (Å²) < 4.78 is 1.76. The van der Waals surface area contributed by atoms with Gasteiger partial charge in [0.25, 0.3) is 5.91 Å². The van der Waals surface area contributed by atoms with Crippen LogP contribution in [0.4, 0.5) is 5.82 Å². The molecule has 2 aromatic heterocycles. The zero-order valence-corrected chi connectivity index (χ0v) is 16.2. The number of pyridine rings is 1. The van der Waals surface area contributed by atoms with Crippen LogP contribution in [0, 0.1) is 0 Å². The molecule has 7 heteroatoms. The second kappa shape index (κ2) is 7.19. The minimum absolute atomic E-state index is 0.0224. The first-order valence-corrected chi connectivity index (χ1v) is 9.45. The molecule has 3 aromatic rings. The normalized spacial score (nSPS) is 15.3. The van der Waals surface area contributed by atoms with Crippen LogP contribution < -0.4 is 4.90 Å². The molecule has 1 aliphatic heterocycles. The molecule has 0 aliphatic carbocycles. The van der Waals surface area contributed by atoms with Crippen LogP contribution in [-0.2, 0) is 7.05 Å². The van der Waals surface area contributed by atoms with Gasteiger partial charge in [0.1, 0.15) is 11.5 Å². The molecule has 4 rings (SSSR count). The van der Waals surface area contributed by atoms with Gasteiger partial charge in [0, 0.05) is 43.6 Å². The smallest absolute Gasteiger partial charge is 0.272 e. The van der Waals surface area contributed by atoms with Crippen molar-refractivity contribution in [2.24, 2.45) is 7.05 Å². The lowest BCUT2D eigenvalue weighted by molar-refractivity contribution is 0.0699. The van der Waals surface area contributed by atoms with E-state index in [4.69, 9.17) is 16.6 Å². The third kappa shape index (κ3) is 3.49. The second-order valence-electron chi connectivity index (χ2n) is 7.03. The number of hydrogen-bond acceptors (Lipinski definition) is 4. The summed E-state index contributed by atoms with van der Waals surface area (Å²) in [5, 5.41) is 1.77. The molecule has 3 heterocycles. The maximum Gasteiger partial charge on any atom is 0.272 e. The molecule has 1 saturated heterocycles. The Kier molecular flexibility index (Phi) is 4.74. The highest BCUT2D eigenvalue weighted by molar-refractivity contribution is 6.31. The van der Waals surface area contributed by atoms with Crippen LogP contribution in [0.15, 0.2) is 42.9 Å². The molecule has 1 amide bonds. The van der Waals surface area contributed by atoms with Gasteiger partial charge in [-0.3, -0.25) is 4.79 Å². The lowest BCUT2D eigenvalue weighted by Gasteiger charge is -2.37. The third-order valence-corrected chi connectivity index (χ3v) is 5.56. The van der Waals surface area contributed by atoms with Gasteiger partial charge in [0.2, 0.25) is 0 Å². The minimum atomic E-state index is 0.0224. The van der Waals surface area contributed by atoms with Gasteiger partial charge in [-0.15, -0.1) is 0 Å². The maximum atomic E-state index is 12.7. The number of benzene rings is 1. The van der Waals surface area contributed by atoms with Gasteiger partial charge in [-0.1, -0.05) is 11.6 Å². The van der Waals surface area contributed by atoms with E-state index in [1.54, 1.807) is 17.1 Å². The average Bonchev–Trinajstić information content (AvgIpc) is 3.12. The molecule has 0 spiro atoms. The van der Waals surface area contributed by atoms with Crippen LogP contribution >= 0.6 is 11.6 Å². The van der Waals surface area contributed by atoms with Gasteiger partial charge < -0.3 is 14.4 Å². The average molecular weight is 384 g/mol. The number of aromatic nitrogens is 3. The maximum absolute atomic E-state index is 12.7. The van der Waals surface area contributed by atoms with Crippen LogP contribution in [-0.4, -0.2) is 51.5 Å². The van der Waals surface area contributed by atoms with Crippen molar-refractivity contribution in [2.45, 2.75) is 18.9 Å². The molecular weight excluding hydrogens is 362 g/mol. The molecule has 140 valence electrons. The van der Waals surface area contributed by atoms with E-state index in [1.807, 2.05) is 43.3 Å². The van der Waals surface area contributed by atoms with Crippen molar-refractivity contribution in [3.8, 4) is 0 Å². The summed E-state index contributed by atoms with van der Waals surface area (Å²) in [6.07, 6.45) is 5.11. The number of fused-ring (bicyclic) bond motifs is 1. The number of anilines is 1. The van der Waals surface area contributed by atoms with Crippen molar-refractivity contribution in [1.29, 1.82) is 0 Å². The van der Waals surface area contributed by atoms with Crippen molar-refractivity contribution in [3.05, 3.63) is 53.6 Å². The highest BCUT2D eigenvalue weighted by Crippen LogP contribution is 2.25. The fraction of sp³-hybridized carbons (Fsp3) is 0.350. The molecule has 0 bridgehead atoms. The predicted octanol–water partition coefficient (Wildman–Crippen LogP) is 3.36. The first kappa shape index (κ1) is 17.8. The number of rotatable bonds is 3. The first-order chi connectivity index (χ1) is 13.0. The van der Waals surface area contributed by atoms with E-state index >= 15 is 0 Å². The number of carbonyl (C=O) groups excluding carboxylic acids is 1. The molecule has 0 radical (unpaired) electrons. The van der Waals surface area contributed by atoms with Crippen molar-refractivity contribution in [2.75, 3.05) is 25.0 Å². The molecular formula is C20H22ClN5O. The summed E-state index contributed by atoms with van der Waals surface area (Å²) in [5.74, 6) is 0.998. The Morgan fingerprint density at radius 2 is 2.00 bits per heavy atom. The van der Waals surface area contributed by atoms with Crippen molar-refractivity contribution in [3.63, 3.8) is 0 Å². The van der Waals surface area contributed by atoms with Crippen molar-refractivity contribution < 1.29 is 4.79 Å². The quantitative estimate of drug-likeness (QED) is 0.695. The van der Waals surface area contributed by atoms with Gasteiger partial charge in [-0.25, -0.2) is 9.97 Å². The van der Waals surface area contributed by atoms with E-state index in [1.165, 1.54) is 0 Å². The molecule has 0 unspecified atom stereocenters. The first-order valence-electron chi connectivity index (χ1n) is 9.07. The predicted molar refractivity (Wildman–Crippen MR) is 107 cm³/mol. The van der Waals surface area contributed by atoms with Gasteiger partial charge in [-0.2, -0.15) is 0 Å². The second-order valence-corrected chi connectivity index (χ2v) is 7.47. The standard InChI is InChI=1S/C20H22ClN5O/c1-24-13-22-12-18(24)20(27)25(2)16-7-9-26(10-8-16)19-6-3-14-11-15(21)4-5-17(14)23-19/h3-6,11-13,16H,7-10H2,1-2H3. The Labute approximate surface area is 163 Å². The monoisotopic (exact) mass is 383 g/mol. The largest absolute Gasteiger partial charge is 0.356 e. The van der Waals surface area contributed by atoms with Gasteiger partial charge in [-0.05, 0) is 43.2 Å². The van der Waals surface area contributed by atoms with Gasteiger partial charge >= 0.3 is 0 Å². The Morgan fingerprint density at radius 3 is 2.70 bits per heavy atom. The fourth-order valence-corrected chi connectivity index (χ4v) is 3.83. The lowest BCUT2D eigenvalue weighted by atomic mass is 10.0. The van der Waals surface area contributed by atoms with Crippen molar-refractivity contribution in [1.82, 2.24) is 19.4 Å². The van der Waals surface area contributed by atoms with E-state index in [2.05, 4.69) is 16.0 Å². The highest BCUT2D eigenvalue weighted by atomic mass is 35.5. The number of halogens is 1.